The van der Waals surface area contributed by atoms with E-state index in [1.807, 2.05) is 0 Å². The van der Waals surface area contributed by atoms with Gasteiger partial charge in [0.05, 0.1) is 6.04 Å². The van der Waals surface area contributed by atoms with E-state index in [9.17, 15) is 4.39 Å². The Balaban J connectivity index is 1.81. The van der Waals surface area contributed by atoms with Gasteiger partial charge in [0.1, 0.15) is 5.82 Å². The van der Waals surface area contributed by atoms with Crippen LogP contribution in [-0.2, 0) is 5.75 Å². The first-order chi connectivity index (χ1) is 11.5. The lowest BCUT2D eigenvalue weighted by Gasteiger charge is -2.15. The summed E-state index contributed by atoms with van der Waals surface area (Å²) in [6.07, 6.45) is 0.952. The average Bonchev–Trinajstić information content (AvgIpc) is 3.13. The van der Waals surface area contributed by atoms with Gasteiger partial charge in [-0.1, -0.05) is 61.0 Å². The van der Waals surface area contributed by atoms with Gasteiger partial charge in [0.25, 0.3) is 0 Å². The SMILES string of the molecule is CCC(C)C(N)c1nnc2sc(SCc3c(F)cccc3Cl)nn12. The van der Waals surface area contributed by atoms with Crippen LogP contribution >= 0.6 is 34.7 Å². The van der Waals surface area contributed by atoms with Crippen LogP contribution in [-0.4, -0.2) is 19.8 Å². The summed E-state index contributed by atoms with van der Waals surface area (Å²) in [5.74, 6) is 1.04. The number of hydrogen-bond acceptors (Lipinski definition) is 6. The van der Waals surface area contributed by atoms with E-state index < -0.39 is 0 Å². The molecule has 24 heavy (non-hydrogen) atoms. The van der Waals surface area contributed by atoms with Crippen molar-refractivity contribution in [1.82, 2.24) is 19.8 Å². The highest BCUT2D eigenvalue weighted by Gasteiger charge is 2.22. The highest BCUT2D eigenvalue weighted by molar-refractivity contribution is 8.00. The molecule has 3 aromatic rings. The molecule has 2 aromatic heterocycles. The van der Waals surface area contributed by atoms with Crippen LogP contribution in [0.25, 0.3) is 4.96 Å². The fourth-order valence-corrected chi connectivity index (χ4v) is 4.42. The van der Waals surface area contributed by atoms with Crippen LogP contribution in [0.2, 0.25) is 5.02 Å². The molecular formula is C15H17ClFN5S2. The minimum atomic E-state index is -0.308. The Labute approximate surface area is 152 Å². The van der Waals surface area contributed by atoms with Gasteiger partial charge in [-0.3, -0.25) is 0 Å². The molecule has 0 fully saturated rings. The zero-order valence-corrected chi connectivity index (χ0v) is 15.6. The molecule has 0 aliphatic rings. The molecule has 2 N–H and O–H groups in total. The molecule has 0 spiro atoms. The largest absolute Gasteiger partial charge is 0.321 e. The van der Waals surface area contributed by atoms with Crippen molar-refractivity contribution < 1.29 is 4.39 Å². The van der Waals surface area contributed by atoms with Crippen LogP contribution < -0.4 is 5.73 Å². The van der Waals surface area contributed by atoms with Crippen LogP contribution in [0.4, 0.5) is 4.39 Å². The summed E-state index contributed by atoms with van der Waals surface area (Å²) in [5, 5.41) is 13.2. The topological polar surface area (TPSA) is 69.1 Å². The lowest BCUT2D eigenvalue weighted by atomic mass is 10.00. The van der Waals surface area contributed by atoms with Gasteiger partial charge in [-0.25, -0.2) is 4.39 Å². The van der Waals surface area contributed by atoms with E-state index >= 15 is 0 Å². The van der Waals surface area contributed by atoms with Crippen LogP contribution in [0.1, 0.15) is 37.7 Å². The standard InChI is InChI=1S/C15H17ClFN5S2/c1-3-8(2)12(18)13-19-20-14-22(13)21-15(24-14)23-7-9-10(16)5-4-6-11(9)17/h4-6,8,12H,3,7,18H2,1-2H3. The predicted octanol–water partition coefficient (Wildman–Crippen LogP) is 4.32. The van der Waals surface area contributed by atoms with E-state index in [-0.39, 0.29) is 17.8 Å². The number of thioether (sulfide) groups is 1. The second-order valence-corrected chi connectivity index (χ2v) is 8.11. The number of nitrogens with two attached hydrogens (primary N) is 1. The number of fused-ring (bicyclic) bond motifs is 1. The van der Waals surface area contributed by atoms with Crippen LogP contribution in [0, 0.1) is 11.7 Å². The van der Waals surface area contributed by atoms with Crippen molar-refractivity contribution >= 4 is 39.7 Å². The molecule has 9 heteroatoms. The molecular weight excluding hydrogens is 369 g/mol. The molecule has 0 aliphatic carbocycles. The first-order valence-electron chi connectivity index (χ1n) is 7.54. The summed E-state index contributed by atoms with van der Waals surface area (Å²) >= 11 is 8.88. The molecule has 128 valence electrons. The highest BCUT2D eigenvalue weighted by Crippen LogP contribution is 2.32. The van der Waals surface area contributed by atoms with Gasteiger partial charge < -0.3 is 5.73 Å². The second-order valence-electron chi connectivity index (χ2n) is 5.52. The molecule has 0 radical (unpaired) electrons. The van der Waals surface area contributed by atoms with Crippen molar-refractivity contribution in [1.29, 1.82) is 0 Å². The van der Waals surface area contributed by atoms with Crippen molar-refractivity contribution in [2.45, 2.75) is 36.4 Å². The minimum absolute atomic E-state index is 0.217. The van der Waals surface area contributed by atoms with Crippen LogP contribution in [0.15, 0.2) is 22.5 Å². The Hall–Kier alpha value is -1.22. The first kappa shape index (κ1) is 17.6. The van der Waals surface area contributed by atoms with Gasteiger partial charge in [0, 0.05) is 16.3 Å². The molecule has 1 aromatic carbocycles. The maximum Gasteiger partial charge on any atom is 0.235 e. The van der Waals surface area contributed by atoms with Crippen molar-refractivity contribution in [3.05, 3.63) is 40.4 Å². The zero-order valence-electron chi connectivity index (χ0n) is 13.2. The lowest BCUT2D eigenvalue weighted by Crippen LogP contribution is -2.21. The monoisotopic (exact) mass is 385 g/mol. The van der Waals surface area contributed by atoms with E-state index in [4.69, 9.17) is 17.3 Å². The van der Waals surface area contributed by atoms with Crippen LogP contribution in [0.5, 0.6) is 0 Å². The Morgan fingerprint density at radius 3 is 2.92 bits per heavy atom. The maximum atomic E-state index is 13.8. The zero-order chi connectivity index (χ0) is 17.3. The van der Waals surface area contributed by atoms with Crippen molar-refractivity contribution in [2.75, 3.05) is 0 Å². The van der Waals surface area contributed by atoms with E-state index in [2.05, 4.69) is 29.1 Å². The Kier molecular flexibility index (Phi) is 5.39. The molecule has 0 bridgehead atoms. The number of aromatic nitrogens is 4. The molecule has 2 unspecified atom stereocenters. The first-order valence-corrected chi connectivity index (χ1v) is 9.72. The Morgan fingerprint density at radius 1 is 1.42 bits per heavy atom. The quantitative estimate of drug-likeness (QED) is 0.640. The average molecular weight is 386 g/mol. The molecule has 0 saturated carbocycles. The number of nitrogens with zero attached hydrogens (tertiary/aromatic N) is 4. The third kappa shape index (κ3) is 3.42. The summed E-state index contributed by atoms with van der Waals surface area (Å²) in [7, 11) is 0. The third-order valence-electron chi connectivity index (χ3n) is 3.95. The van der Waals surface area contributed by atoms with Gasteiger partial charge >= 0.3 is 0 Å². The summed E-state index contributed by atoms with van der Waals surface area (Å²) in [6, 6.07) is 4.47. The van der Waals surface area contributed by atoms with Gasteiger partial charge in [0.15, 0.2) is 10.2 Å². The van der Waals surface area contributed by atoms with E-state index in [0.717, 1.165) is 10.8 Å². The predicted molar refractivity (Wildman–Crippen MR) is 96.0 cm³/mol. The van der Waals surface area contributed by atoms with E-state index in [1.165, 1.54) is 29.2 Å². The fraction of sp³-hybridized carbons (Fsp3) is 0.400. The van der Waals surface area contributed by atoms with Gasteiger partial charge in [-0.05, 0) is 18.1 Å². The molecule has 0 saturated heterocycles. The van der Waals surface area contributed by atoms with Crippen LogP contribution in [0.3, 0.4) is 0 Å². The number of rotatable bonds is 6. The Morgan fingerprint density at radius 2 is 2.21 bits per heavy atom. The molecule has 2 heterocycles. The smallest absolute Gasteiger partial charge is 0.235 e. The van der Waals surface area contributed by atoms with Crippen molar-refractivity contribution in [2.24, 2.45) is 11.7 Å². The Bertz CT molecular complexity index is 829. The number of hydrogen-bond donors (Lipinski definition) is 1. The molecule has 0 amide bonds. The molecule has 0 aliphatic heterocycles. The van der Waals surface area contributed by atoms with E-state index in [0.29, 0.717) is 27.1 Å². The van der Waals surface area contributed by atoms with Crippen molar-refractivity contribution in [3.63, 3.8) is 0 Å². The molecule has 5 nitrogen and oxygen atoms in total. The van der Waals surface area contributed by atoms with Gasteiger partial charge in [-0.15, -0.1) is 15.3 Å². The summed E-state index contributed by atoms with van der Waals surface area (Å²) in [6.45, 7) is 4.16. The summed E-state index contributed by atoms with van der Waals surface area (Å²) in [4.78, 5) is 0.686. The lowest BCUT2D eigenvalue weighted by molar-refractivity contribution is 0.431. The van der Waals surface area contributed by atoms with Gasteiger partial charge in [-0.2, -0.15) is 4.52 Å². The second kappa shape index (κ2) is 7.35. The maximum absolute atomic E-state index is 13.8. The summed E-state index contributed by atoms with van der Waals surface area (Å²) < 4.78 is 16.3. The molecule has 2 atom stereocenters. The van der Waals surface area contributed by atoms with Crippen molar-refractivity contribution in [3.8, 4) is 0 Å². The van der Waals surface area contributed by atoms with E-state index in [1.54, 1.807) is 16.6 Å². The summed E-state index contributed by atoms with van der Waals surface area (Å²) in [5.41, 5.74) is 6.72. The third-order valence-corrected chi connectivity index (χ3v) is 6.37. The highest BCUT2D eigenvalue weighted by atomic mass is 35.5. The normalized spacial score (nSPS) is 14.2. The number of halogens is 2. The minimum Gasteiger partial charge on any atom is -0.321 e. The number of benzene rings is 1. The van der Waals surface area contributed by atoms with Gasteiger partial charge in [0.2, 0.25) is 4.96 Å². The fourth-order valence-electron chi connectivity index (χ4n) is 2.19. The molecule has 3 rings (SSSR count).